The van der Waals surface area contributed by atoms with Gasteiger partial charge in [0.25, 0.3) is 0 Å². The first-order chi connectivity index (χ1) is 8.61. The standard InChI is InChI=1S/C13H14ClN3O/c1-8-9(2)16-17-13(12(8)7-15)18-11-5-3-10(14)4-6-11/h3-6H,7,15H2,1-2H3. The Kier molecular flexibility index (Phi) is 3.79. The minimum atomic E-state index is 0.366. The maximum absolute atomic E-state index is 5.82. The van der Waals surface area contributed by atoms with Crippen LogP contribution in [0.1, 0.15) is 16.8 Å². The van der Waals surface area contributed by atoms with Crippen LogP contribution in [-0.2, 0) is 6.54 Å². The molecule has 0 aliphatic rings. The monoisotopic (exact) mass is 263 g/mol. The summed E-state index contributed by atoms with van der Waals surface area (Å²) in [5.74, 6) is 1.11. The molecule has 0 bridgehead atoms. The molecule has 0 aliphatic heterocycles. The number of benzene rings is 1. The predicted octanol–water partition coefficient (Wildman–Crippen LogP) is 3.00. The first-order valence-corrected chi connectivity index (χ1v) is 5.96. The second-order valence-electron chi connectivity index (χ2n) is 3.95. The molecule has 0 amide bonds. The Morgan fingerprint density at radius 2 is 1.83 bits per heavy atom. The average Bonchev–Trinajstić information content (AvgIpc) is 2.37. The molecule has 0 spiro atoms. The van der Waals surface area contributed by atoms with E-state index in [9.17, 15) is 0 Å². The fourth-order valence-corrected chi connectivity index (χ4v) is 1.70. The molecule has 0 fully saturated rings. The number of hydrogen-bond donors (Lipinski definition) is 1. The fraction of sp³-hybridized carbons (Fsp3) is 0.231. The lowest BCUT2D eigenvalue weighted by molar-refractivity contribution is 0.446. The Labute approximate surface area is 111 Å². The number of nitrogens with two attached hydrogens (primary N) is 1. The van der Waals surface area contributed by atoms with Crippen LogP contribution >= 0.6 is 11.6 Å². The fourth-order valence-electron chi connectivity index (χ4n) is 1.57. The maximum atomic E-state index is 5.82. The molecule has 1 heterocycles. The Morgan fingerprint density at radius 1 is 1.17 bits per heavy atom. The van der Waals surface area contributed by atoms with Gasteiger partial charge in [0.15, 0.2) is 0 Å². The molecule has 94 valence electrons. The van der Waals surface area contributed by atoms with Crippen LogP contribution < -0.4 is 10.5 Å². The van der Waals surface area contributed by atoms with E-state index >= 15 is 0 Å². The van der Waals surface area contributed by atoms with E-state index < -0.39 is 0 Å². The Bertz CT molecular complexity index is 555. The summed E-state index contributed by atoms with van der Waals surface area (Å²) in [6.07, 6.45) is 0. The summed E-state index contributed by atoms with van der Waals surface area (Å²) in [4.78, 5) is 0. The molecule has 2 aromatic rings. The van der Waals surface area contributed by atoms with E-state index in [1.807, 2.05) is 13.8 Å². The van der Waals surface area contributed by atoms with Gasteiger partial charge < -0.3 is 10.5 Å². The number of aromatic nitrogens is 2. The molecule has 1 aromatic heterocycles. The summed E-state index contributed by atoms with van der Waals surface area (Å²) in [6, 6.07) is 7.07. The summed E-state index contributed by atoms with van der Waals surface area (Å²) >= 11 is 5.82. The molecule has 0 aliphatic carbocycles. The number of halogens is 1. The summed E-state index contributed by atoms with van der Waals surface area (Å²) in [7, 11) is 0. The molecule has 18 heavy (non-hydrogen) atoms. The zero-order valence-electron chi connectivity index (χ0n) is 10.3. The first kappa shape index (κ1) is 12.8. The third-order valence-corrected chi connectivity index (χ3v) is 3.03. The third kappa shape index (κ3) is 2.60. The van der Waals surface area contributed by atoms with Crippen LogP contribution in [-0.4, -0.2) is 10.2 Å². The maximum Gasteiger partial charge on any atom is 0.243 e. The zero-order chi connectivity index (χ0) is 13.1. The van der Waals surface area contributed by atoms with E-state index in [0.29, 0.717) is 23.2 Å². The van der Waals surface area contributed by atoms with Crippen molar-refractivity contribution in [3.05, 3.63) is 46.1 Å². The van der Waals surface area contributed by atoms with Crippen molar-refractivity contribution in [2.45, 2.75) is 20.4 Å². The minimum absolute atomic E-state index is 0.366. The summed E-state index contributed by atoms with van der Waals surface area (Å²) < 4.78 is 5.68. The minimum Gasteiger partial charge on any atom is -0.437 e. The lowest BCUT2D eigenvalue weighted by Crippen LogP contribution is -2.07. The number of rotatable bonds is 3. The molecule has 0 saturated carbocycles. The molecular weight excluding hydrogens is 250 g/mol. The van der Waals surface area contributed by atoms with Gasteiger partial charge in [-0.3, -0.25) is 0 Å². The van der Waals surface area contributed by atoms with E-state index in [1.54, 1.807) is 24.3 Å². The van der Waals surface area contributed by atoms with E-state index in [-0.39, 0.29) is 0 Å². The van der Waals surface area contributed by atoms with Crippen LogP contribution in [0, 0.1) is 13.8 Å². The summed E-state index contributed by atoms with van der Waals surface area (Å²) in [5.41, 5.74) is 8.47. The Morgan fingerprint density at radius 3 is 2.44 bits per heavy atom. The van der Waals surface area contributed by atoms with Gasteiger partial charge in [-0.25, -0.2) is 0 Å². The van der Waals surface area contributed by atoms with Gasteiger partial charge >= 0.3 is 0 Å². The third-order valence-electron chi connectivity index (χ3n) is 2.78. The number of ether oxygens (including phenoxy) is 1. The van der Waals surface area contributed by atoms with Crippen LogP contribution in [0.4, 0.5) is 0 Å². The second-order valence-corrected chi connectivity index (χ2v) is 4.39. The van der Waals surface area contributed by atoms with Crippen molar-refractivity contribution in [2.75, 3.05) is 0 Å². The van der Waals surface area contributed by atoms with Crippen molar-refractivity contribution in [3.8, 4) is 11.6 Å². The van der Waals surface area contributed by atoms with Crippen molar-refractivity contribution in [1.82, 2.24) is 10.2 Å². The molecule has 2 rings (SSSR count). The highest BCUT2D eigenvalue weighted by Gasteiger charge is 2.11. The van der Waals surface area contributed by atoms with Gasteiger partial charge in [-0.2, -0.15) is 5.10 Å². The van der Waals surface area contributed by atoms with Crippen molar-refractivity contribution in [3.63, 3.8) is 0 Å². The van der Waals surface area contributed by atoms with Gasteiger partial charge in [-0.1, -0.05) is 11.6 Å². The molecule has 1 aromatic carbocycles. The first-order valence-electron chi connectivity index (χ1n) is 5.58. The van der Waals surface area contributed by atoms with Crippen LogP contribution in [0.2, 0.25) is 5.02 Å². The summed E-state index contributed by atoms with van der Waals surface area (Å²) in [5, 5.41) is 8.75. The highest BCUT2D eigenvalue weighted by atomic mass is 35.5. The molecule has 0 unspecified atom stereocenters. The number of hydrogen-bond acceptors (Lipinski definition) is 4. The highest BCUT2D eigenvalue weighted by Crippen LogP contribution is 2.26. The number of aryl methyl sites for hydroxylation is 1. The van der Waals surface area contributed by atoms with Crippen molar-refractivity contribution in [1.29, 1.82) is 0 Å². The van der Waals surface area contributed by atoms with E-state index in [4.69, 9.17) is 22.1 Å². The lowest BCUT2D eigenvalue weighted by Gasteiger charge is -2.11. The molecular formula is C13H14ClN3O. The molecule has 4 nitrogen and oxygen atoms in total. The van der Waals surface area contributed by atoms with Crippen LogP contribution in [0.15, 0.2) is 24.3 Å². The van der Waals surface area contributed by atoms with E-state index in [0.717, 1.165) is 16.8 Å². The van der Waals surface area contributed by atoms with Gasteiger partial charge in [0.05, 0.1) is 5.69 Å². The Hall–Kier alpha value is -1.65. The quantitative estimate of drug-likeness (QED) is 0.925. The number of nitrogens with zero attached hydrogens (tertiary/aromatic N) is 2. The topological polar surface area (TPSA) is 61.0 Å². The van der Waals surface area contributed by atoms with E-state index in [2.05, 4.69) is 10.2 Å². The zero-order valence-corrected chi connectivity index (χ0v) is 11.0. The van der Waals surface area contributed by atoms with Gasteiger partial charge in [-0.05, 0) is 43.7 Å². The molecule has 0 atom stereocenters. The SMILES string of the molecule is Cc1nnc(Oc2ccc(Cl)cc2)c(CN)c1C. The molecule has 2 N–H and O–H groups in total. The van der Waals surface area contributed by atoms with Crippen molar-refractivity contribution < 1.29 is 4.74 Å². The second kappa shape index (κ2) is 5.33. The van der Waals surface area contributed by atoms with Crippen LogP contribution in [0.3, 0.4) is 0 Å². The molecule has 0 radical (unpaired) electrons. The largest absolute Gasteiger partial charge is 0.437 e. The van der Waals surface area contributed by atoms with Gasteiger partial charge in [-0.15, -0.1) is 5.10 Å². The van der Waals surface area contributed by atoms with Gasteiger partial charge in [0, 0.05) is 17.1 Å². The average molecular weight is 264 g/mol. The smallest absolute Gasteiger partial charge is 0.243 e. The molecule has 0 saturated heterocycles. The van der Waals surface area contributed by atoms with Crippen molar-refractivity contribution in [2.24, 2.45) is 5.73 Å². The Balaban J connectivity index is 2.34. The van der Waals surface area contributed by atoms with Gasteiger partial charge in [0.2, 0.25) is 5.88 Å². The van der Waals surface area contributed by atoms with Crippen LogP contribution in [0.5, 0.6) is 11.6 Å². The summed E-state index contributed by atoms with van der Waals surface area (Å²) in [6.45, 7) is 4.22. The van der Waals surface area contributed by atoms with E-state index in [1.165, 1.54) is 0 Å². The normalized spacial score (nSPS) is 10.4. The molecule has 5 heteroatoms. The highest BCUT2D eigenvalue weighted by molar-refractivity contribution is 6.30. The lowest BCUT2D eigenvalue weighted by atomic mass is 10.1. The predicted molar refractivity (Wildman–Crippen MR) is 70.9 cm³/mol. The van der Waals surface area contributed by atoms with Crippen LogP contribution in [0.25, 0.3) is 0 Å². The van der Waals surface area contributed by atoms with Gasteiger partial charge in [0.1, 0.15) is 5.75 Å². The van der Waals surface area contributed by atoms with Crippen molar-refractivity contribution >= 4 is 11.6 Å².